The Bertz CT molecular complexity index is 565. The number of hydrogen-bond donors (Lipinski definition) is 0. The van der Waals surface area contributed by atoms with E-state index < -0.39 is 5.76 Å². The topological polar surface area (TPSA) is 32.8 Å². The standard InChI is InChI=1S/C18H24F2N2O2S/c19-18(20)25-15-6-4-14(5-7-15)13-22-8-2-1-3-16(22)17(23)21-9-11-24-12-10-21/h4-7,16,18H,1-3,8-13H2. The molecule has 0 N–H and O–H groups in total. The fourth-order valence-electron chi connectivity index (χ4n) is 3.47. The number of likely N-dealkylation sites (tertiary alicyclic amines) is 1. The Balaban J connectivity index is 1.63. The lowest BCUT2D eigenvalue weighted by Gasteiger charge is -2.38. The van der Waals surface area contributed by atoms with E-state index in [0.29, 0.717) is 49.5 Å². The van der Waals surface area contributed by atoms with E-state index >= 15 is 0 Å². The summed E-state index contributed by atoms with van der Waals surface area (Å²) in [7, 11) is 0. The van der Waals surface area contributed by atoms with Crippen molar-refractivity contribution in [1.29, 1.82) is 0 Å². The molecule has 1 atom stereocenters. The van der Waals surface area contributed by atoms with Gasteiger partial charge >= 0.3 is 0 Å². The number of alkyl halides is 2. The van der Waals surface area contributed by atoms with E-state index in [0.717, 1.165) is 31.4 Å². The van der Waals surface area contributed by atoms with Crippen molar-refractivity contribution in [1.82, 2.24) is 9.80 Å². The van der Waals surface area contributed by atoms with Crippen LogP contribution in [0, 0.1) is 0 Å². The van der Waals surface area contributed by atoms with Gasteiger partial charge in [0.2, 0.25) is 5.91 Å². The number of halogens is 2. The van der Waals surface area contributed by atoms with Crippen molar-refractivity contribution in [3.8, 4) is 0 Å². The number of hydrogen-bond acceptors (Lipinski definition) is 4. The lowest BCUT2D eigenvalue weighted by molar-refractivity contribution is -0.142. The van der Waals surface area contributed by atoms with Gasteiger partial charge in [-0.1, -0.05) is 30.3 Å². The Morgan fingerprint density at radius 2 is 1.88 bits per heavy atom. The summed E-state index contributed by atoms with van der Waals surface area (Å²) in [5.74, 6) is -2.20. The van der Waals surface area contributed by atoms with Crippen molar-refractivity contribution >= 4 is 17.7 Å². The molecule has 2 aliphatic rings. The van der Waals surface area contributed by atoms with Gasteiger partial charge in [-0.3, -0.25) is 9.69 Å². The first-order valence-electron chi connectivity index (χ1n) is 8.78. The van der Waals surface area contributed by atoms with Crippen LogP contribution in [0.1, 0.15) is 24.8 Å². The van der Waals surface area contributed by atoms with Gasteiger partial charge in [0, 0.05) is 24.5 Å². The Morgan fingerprint density at radius 1 is 1.16 bits per heavy atom. The quantitative estimate of drug-likeness (QED) is 0.745. The van der Waals surface area contributed by atoms with Crippen molar-refractivity contribution in [3.05, 3.63) is 29.8 Å². The van der Waals surface area contributed by atoms with E-state index in [2.05, 4.69) is 4.90 Å². The van der Waals surface area contributed by atoms with Gasteiger partial charge in [-0.15, -0.1) is 0 Å². The van der Waals surface area contributed by atoms with Gasteiger partial charge in [-0.25, -0.2) is 0 Å². The molecule has 3 rings (SSSR count). The van der Waals surface area contributed by atoms with Crippen molar-refractivity contribution in [3.63, 3.8) is 0 Å². The number of nitrogens with zero attached hydrogens (tertiary/aromatic N) is 2. The smallest absolute Gasteiger partial charge is 0.288 e. The Morgan fingerprint density at radius 3 is 2.56 bits per heavy atom. The lowest BCUT2D eigenvalue weighted by atomic mass is 9.99. The molecule has 4 nitrogen and oxygen atoms in total. The summed E-state index contributed by atoms with van der Waals surface area (Å²) >= 11 is 0.558. The van der Waals surface area contributed by atoms with Gasteiger partial charge in [-0.05, 0) is 37.1 Å². The third-order valence-corrected chi connectivity index (χ3v) is 5.48. The zero-order valence-corrected chi connectivity index (χ0v) is 15.0. The molecular formula is C18H24F2N2O2S. The Kier molecular flexibility index (Phi) is 6.67. The van der Waals surface area contributed by atoms with Crippen LogP contribution < -0.4 is 0 Å². The van der Waals surface area contributed by atoms with Gasteiger partial charge in [0.15, 0.2) is 0 Å². The van der Waals surface area contributed by atoms with E-state index in [4.69, 9.17) is 4.74 Å². The molecule has 0 aromatic heterocycles. The van der Waals surface area contributed by atoms with E-state index in [9.17, 15) is 13.6 Å². The van der Waals surface area contributed by atoms with Gasteiger partial charge in [-0.2, -0.15) is 8.78 Å². The normalized spacial score (nSPS) is 22.4. The molecule has 0 spiro atoms. The predicted octanol–water partition coefficient (Wildman–Crippen LogP) is 3.21. The van der Waals surface area contributed by atoms with Gasteiger partial charge in [0.25, 0.3) is 5.76 Å². The lowest BCUT2D eigenvalue weighted by Crippen LogP contribution is -2.53. The minimum absolute atomic E-state index is 0.0815. The Labute approximate surface area is 151 Å². The van der Waals surface area contributed by atoms with Crippen LogP contribution in [0.2, 0.25) is 0 Å². The monoisotopic (exact) mass is 370 g/mol. The molecular weight excluding hydrogens is 346 g/mol. The molecule has 0 radical (unpaired) electrons. The number of thioether (sulfide) groups is 1. The molecule has 1 unspecified atom stereocenters. The van der Waals surface area contributed by atoms with Crippen molar-refractivity contribution in [2.75, 3.05) is 32.8 Å². The molecule has 138 valence electrons. The third kappa shape index (κ3) is 5.15. The highest BCUT2D eigenvalue weighted by Gasteiger charge is 2.32. The maximum absolute atomic E-state index is 12.9. The molecule has 2 heterocycles. The molecule has 2 fully saturated rings. The molecule has 0 saturated carbocycles. The molecule has 1 amide bonds. The number of rotatable bonds is 5. The largest absolute Gasteiger partial charge is 0.378 e. The van der Waals surface area contributed by atoms with E-state index in [1.807, 2.05) is 17.0 Å². The molecule has 25 heavy (non-hydrogen) atoms. The zero-order chi connectivity index (χ0) is 17.6. The van der Waals surface area contributed by atoms with Crippen LogP contribution in [0.4, 0.5) is 8.78 Å². The van der Waals surface area contributed by atoms with E-state index in [1.165, 1.54) is 0 Å². The zero-order valence-electron chi connectivity index (χ0n) is 14.2. The number of morpholine rings is 1. The third-order valence-electron chi connectivity index (χ3n) is 4.76. The van der Waals surface area contributed by atoms with Crippen molar-refractivity contribution < 1.29 is 18.3 Å². The van der Waals surface area contributed by atoms with Crippen molar-refractivity contribution in [2.24, 2.45) is 0 Å². The minimum atomic E-state index is -2.40. The summed E-state index contributed by atoms with van der Waals surface area (Å²) in [6, 6.07) is 7.15. The van der Waals surface area contributed by atoms with E-state index in [-0.39, 0.29) is 11.9 Å². The van der Waals surface area contributed by atoms with Crippen LogP contribution in [-0.4, -0.2) is 60.4 Å². The summed E-state index contributed by atoms with van der Waals surface area (Å²) < 4.78 is 30.2. The number of ether oxygens (including phenoxy) is 1. The van der Waals surface area contributed by atoms with Crippen LogP contribution in [-0.2, 0) is 16.1 Å². The summed E-state index contributed by atoms with van der Waals surface area (Å²) in [4.78, 5) is 17.6. The van der Waals surface area contributed by atoms with Crippen LogP contribution in [0.5, 0.6) is 0 Å². The first-order valence-corrected chi connectivity index (χ1v) is 9.66. The predicted molar refractivity (Wildman–Crippen MR) is 93.8 cm³/mol. The molecule has 2 aliphatic heterocycles. The van der Waals surface area contributed by atoms with E-state index in [1.54, 1.807) is 12.1 Å². The van der Waals surface area contributed by atoms with Crippen LogP contribution in [0.3, 0.4) is 0 Å². The number of carbonyl (C=O) groups is 1. The highest BCUT2D eigenvalue weighted by Crippen LogP contribution is 2.26. The van der Waals surface area contributed by atoms with Crippen LogP contribution in [0.15, 0.2) is 29.2 Å². The first kappa shape index (κ1) is 18.6. The Hall–Kier alpha value is -1.18. The fraction of sp³-hybridized carbons (Fsp3) is 0.611. The van der Waals surface area contributed by atoms with Gasteiger partial charge in [0.05, 0.1) is 19.3 Å². The molecule has 0 aliphatic carbocycles. The maximum Gasteiger partial charge on any atom is 0.288 e. The second-order valence-corrected chi connectivity index (χ2v) is 7.51. The summed E-state index contributed by atoms with van der Waals surface area (Å²) in [6.07, 6.45) is 3.04. The second kappa shape index (κ2) is 8.96. The van der Waals surface area contributed by atoms with Crippen molar-refractivity contribution in [2.45, 2.75) is 42.5 Å². The van der Waals surface area contributed by atoms with Gasteiger partial charge in [0.1, 0.15) is 0 Å². The highest BCUT2D eigenvalue weighted by molar-refractivity contribution is 7.99. The maximum atomic E-state index is 12.9. The average Bonchev–Trinajstić information content (AvgIpc) is 2.63. The molecule has 0 bridgehead atoms. The SMILES string of the molecule is O=C(C1CCCCN1Cc1ccc(SC(F)F)cc1)N1CCOCC1. The summed E-state index contributed by atoms with van der Waals surface area (Å²) in [5.41, 5.74) is 1.06. The summed E-state index contributed by atoms with van der Waals surface area (Å²) in [6.45, 7) is 4.14. The van der Waals surface area contributed by atoms with Crippen LogP contribution in [0.25, 0.3) is 0 Å². The fourth-order valence-corrected chi connectivity index (χ4v) is 3.96. The van der Waals surface area contributed by atoms with Gasteiger partial charge < -0.3 is 9.64 Å². The molecule has 1 aromatic carbocycles. The minimum Gasteiger partial charge on any atom is -0.378 e. The van der Waals surface area contributed by atoms with Crippen LogP contribution >= 0.6 is 11.8 Å². The summed E-state index contributed by atoms with van der Waals surface area (Å²) in [5, 5.41) is 0. The average molecular weight is 370 g/mol. The molecule has 7 heteroatoms. The number of piperidine rings is 1. The second-order valence-electron chi connectivity index (χ2n) is 6.44. The highest BCUT2D eigenvalue weighted by atomic mass is 32.2. The number of benzene rings is 1. The number of amides is 1. The molecule has 1 aromatic rings. The number of carbonyl (C=O) groups excluding carboxylic acids is 1. The molecule has 2 saturated heterocycles. The first-order chi connectivity index (χ1) is 12.1.